The number of hydrogen-bond donors (Lipinski definition) is 1. The van der Waals surface area contributed by atoms with Gasteiger partial charge in [-0.25, -0.2) is 0 Å². The van der Waals surface area contributed by atoms with Gasteiger partial charge < -0.3 is 9.80 Å². The topological polar surface area (TPSA) is 29.1 Å². The standard InChI is InChI=1S/C14H28N2O.Y/c1-4-10-13(14(17)15-3)16(5-2)11-8-6-7-9-12-16;/h13H,4-12H2,1-3H3;/p+1. The maximum atomic E-state index is 12.2. The van der Waals surface area contributed by atoms with Gasteiger partial charge in [0.15, 0.2) is 6.04 Å². The molecule has 4 heteroatoms. The molecule has 3 nitrogen and oxygen atoms in total. The van der Waals surface area contributed by atoms with Crippen molar-refractivity contribution in [2.75, 3.05) is 26.7 Å². The summed E-state index contributed by atoms with van der Waals surface area (Å²) in [5.74, 6) is 0.246. The van der Waals surface area contributed by atoms with Crippen molar-refractivity contribution in [2.45, 2.75) is 58.4 Å². The van der Waals surface area contributed by atoms with E-state index < -0.39 is 0 Å². The molecule has 1 atom stereocenters. The minimum absolute atomic E-state index is 0. The second-order valence-electron chi connectivity index (χ2n) is 5.31. The molecule has 1 heterocycles. The monoisotopic (exact) mass is 330 g/mol. The minimum Gasteiger partial charge on any atom is -0.354 e. The first kappa shape index (κ1) is 18.5. The molecular weight excluding hydrogens is 301 g/mol. The maximum absolute atomic E-state index is 12.2. The van der Waals surface area contributed by atoms with Crippen LogP contribution < -0.4 is 5.32 Å². The summed E-state index contributed by atoms with van der Waals surface area (Å²) < 4.78 is 1.02. The quantitative estimate of drug-likeness (QED) is 0.770. The molecule has 1 rings (SSSR count). The Hall–Kier alpha value is 0.534. The van der Waals surface area contributed by atoms with Crippen molar-refractivity contribution < 1.29 is 42.0 Å². The molecule has 1 saturated heterocycles. The molecule has 0 spiro atoms. The fourth-order valence-corrected chi connectivity index (χ4v) is 3.26. The summed E-state index contributed by atoms with van der Waals surface area (Å²) >= 11 is 0. The largest absolute Gasteiger partial charge is 0.354 e. The van der Waals surface area contributed by atoms with Crippen molar-refractivity contribution in [1.82, 2.24) is 5.32 Å². The van der Waals surface area contributed by atoms with Crippen LogP contribution in [0.5, 0.6) is 0 Å². The second kappa shape index (κ2) is 9.44. The van der Waals surface area contributed by atoms with Gasteiger partial charge in [-0.3, -0.25) is 4.79 Å². The van der Waals surface area contributed by atoms with Crippen LogP contribution in [0.4, 0.5) is 0 Å². The van der Waals surface area contributed by atoms with E-state index in [0.29, 0.717) is 0 Å². The van der Waals surface area contributed by atoms with Gasteiger partial charge >= 0.3 is 0 Å². The van der Waals surface area contributed by atoms with E-state index in [9.17, 15) is 4.79 Å². The van der Waals surface area contributed by atoms with Gasteiger partial charge in [0, 0.05) is 46.2 Å². The van der Waals surface area contributed by atoms with Gasteiger partial charge in [-0.2, -0.15) is 0 Å². The van der Waals surface area contributed by atoms with Crippen LogP contribution in [-0.4, -0.2) is 43.1 Å². The van der Waals surface area contributed by atoms with Gasteiger partial charge in [-0.15, -0.1) is 0 Å². The Morgan fingerprint density at radius 2 is 1.72 bits per heavy atom. The van der Waals surface area contributed by atoms with E-state index in [1.54, 1.807) is 7.05 Å². The summed E-state index contributed by atoms with van der Waals surface area (Å²) in [6.45, 7) is 7.90. The number of amides is 1. The number of nitrogens with zero attached hydrogens (tertiary/aromatic N) is 1. The molecule has 0 saturated carbocycles. The van der Waals surface area contributed by atoms with Crippen LogP contribution in [0, 0.1) is 0 Å². The Bertz CT molecular complexity index is 238. The number of rotatable bonds is 5. The zero-order valence-corrected chi connectivity index (χ0v) is 15.2. The van der Waals surface area contributed by atoms with Crippen LogP contribution in [0.3, 0.4) is 0 Å². The van der Waals surface area contributed by atoms with Crippen molar-refractivity contribution in [3.63, 3.8) is 0 Å². The zero-order chi connectivity index (χ0) is 12.7. The Labute approximate surface area is 138 Å². The van der Waals surface area contributed by atoms with Crippen molar-refractivity contribution >= 4 is 5.91 Å². The molecule has 0 aromatic carbocycles. The average molecular weight is 330 g/mol. The van der Waals surface area contributed by atoms with Gasteiger partial charge in [-0.05, 0) is 39.0 Å². The molecule has 0 aromatic rings. The summed E-state index contributed by atoms with van der Waals surface area (Å²) in [5, 5.41) is 2.87. The second-order valence-corrected chi connectivity index (χ2v) is 5.31. The number of likely N-dealkylation sites (N-methyl/N-ethyl adjacent to an activating group) is 2. The molecule has 0 aromatic heterocycles. The molecule has 1 N–H and O–H groups in total. The van der Waals surface area contributed by atoms with Crippen LogP contribution in [0.1, 0.15) is 52.4 Å². The fourth-order valence-electron chi connectivity index (χ4n) is 3.26. The van der Waals surface area contributed by atoms with Crippen LogP contribution >= 0.6 is 0 Å². The van der Waals surface area contributed by atoms with Crippen LogP contribution in [0.15, 0.2) is 0 Å². The van der Waals surface area contributed by atoms with Crippen LogP contribution in [0.2, 0.25) is 0 Å². The number of nitrogens with one attached hydrogen (secondary N) is 1. The van der Waals surface area contributed by atoms with E-state index in [2.05, 4.69) is 19.2 Å². The predicted octanol–water partition coefficient (Wildman–Crippen LogP) is 2.31. The molecule has 1 unspecified atom stereocenters. The third-order valence-corrected chi connectivity index (χ3v) is 4.36. The first-order valence-electron chi connectivity index (χ1n) is 7.27. The molecule has 0 aliphatic carbocycles. The van der Waals surface area contributed by atoms with E-state index in [-0.39, 0.29) is 44.7 Å². The van der Waals surface area contributed by atoms with Gasteiger partial charge in [0.05, 0.1) is 19.6 Å². The smallest absolute Gasteiger partial charge is 0.278 e. The van der Waals surface area contributed by atoms with E-state index >= 15 is 0 Å². The Balaban J connectivity index is 0.00000289. The van der Waals surface area contributed by atoms with Crippen LogP contribution in [0.25, 0.3) is 0 Å². The Morgan fingerprint density at radius 1 is 1.17 bits per heavy atom. The predicted molar refractivity (Wildman–Crippen MR) is 71.8 cm³/mol. The van der Waals surface area contributed by atoms with Crippen molar-refractivity contribution in [3.05, 3.63) is 0 Å². The Morgan fingerprint density at radius 3 is 2.11 bits per heavy atom. The summed E-state index contributed by atoms with van der Waals surface area (Å²) in [5.41, 5.74) is 0. The van der Waals surface area contributed by atoms with Gasteiger partial charge in [-0.1, -0.05) is 6.92 Å². The van der Waals surface area contributed by atoms with Crippen molar-refractivity contribution in [1.29, 1.82) is 0 Å². The molecule has 0 bridgehead atoms. The van der Waals surface area contributed by atoms with E-state index in [1.165, 1.54) is 38.8 Å². The number of quaternary nitrogens is 1. The molecule has 1 aliphatic rings. The molecular formula is C14H29N2OY+. The number of carbonyl (C=O) groups excluding carboxylic acids is 1. The normalized spacial score (nSPS) is 20.4. The average Bonchev–Trinajstić information content (AvgIpc) is 2.61. The van der Waals surface area contributed by atoms with Crippen molar-refractivity contribution in [2.24, 2.45) is 0 Å². The third kappa shape index (κ3) is 4.57. The Kier molecular flexibility index (Phi) is 9.72. The SMILES string of the molecule is CCCC(C(=O)NC)[N+]1(CC)CCCCCC1.[Y]. The van der Waals surface area contributed by atoms with Crippen LogP contribution in [-0.2, 0) is 37.5 Å². The minimum atomic E-state index is 0. The van der Waals surface area contributed by atoms with Gasteiger partial charge in [0.2, 0.25) is 0 Å². The fraction of sp³-hybridized carbons (Fsp3) is 0.929. The van der Waals surface area contributed by atoms with E-state index in [4.69, 9.17) is 0 Å². The molecule has 103 valence electrons. The first-order chi connectivity index (χ1) is 8.20. The van der Waals surface area contributed by atoms with Crippen molar-refractivity contribution in [3.8, 4) is 0 Å². The van der Waals surface area contributed by atoms with Gasteiger partial charge in [0.25, 0.3) is 5.91 Å². The number of carbonyl (C=O) groups is 1. The van der Waals surface area contributed by atoms with E-state index in [0.717, 1.165) is 23.9 Å². The summed E-state index contributed by atoms with van der Waals surface area (Å²) in [7, 11) is 1.77. The molecule has 18 heavy (non-hydrogen) atoms. The number of hydrogen-bond acceptors (Lipinski definition) is 1. The zero-order valence-electron chi connectivity index (χ0n) is 12.4. The molecule has 1 radical (unpaired) electrons. The van der Waals surface area contributed by atoms with Gasteiger partial charge in [0.1, 0.15) is 0 Å². The third-order valence-electron chi connectivity index (χ3n) is 4.36. The maximum Gasteiger partial charge on any atom is 0.278 e. The first-order valence-corrected chi connectivity index (χ1v) is 7.27. The van der Waals surface area contributed by atoms with E-state index in [1.807, 2.05) is 0 Å². The number of likely N-dealkylation sites (tertiary alicyclic amines) is 1. The molecule has 1 aliphatic heterocycles. The summed E-state index contributed by atoms with van der Waals surface area (Å²) in [4.78, 5) is 12.2. The summed E-state index contributed by atoms with van der Waals surface area (Å²) in [6.07, 6.45) is 7.36. The molecule has 1 fully saturated rings. The molecule has 1 amide bonds. The summed E-state index contributed by atoms with van der Waals surface area (Å²) in [6, 6.07) is 0.174.